The van der Waals surface area contributed by atoms with Crippen LogP contribution in [0, 0.1) is 5.82 Å². The lowest BCUT2D eigenvalue weighted by Crippen LogP contribution is -2.62. The summed E-state index contributed by atoms with van der Waals surface area (Å²) in [5, 5.41) is 10.5. The first-order valence-corrected chi connectivity index (χ1v) is 14.1. The van der Waals surface area contributed by atoms with Crippen LogP contribution in [-0.4, -0.2) is 115 Å². The summed E-state index contributed by atoms with van der Waals surface area (Å²) in [5.41, 5.74) is 7.60. The summed E-state index contributed by atoms with van der Waals surface area (Å²) in [6.45, 7) is 9.75. The number of amides is 2. The molecule has 42 heavy (non-hydrogen) atoms. The van der Waals surface area contributed by atoms with E-state index in [0.717, 1.165) is 45.0 Å². The molecular weight excluding hydrogens is 547 g/mol. The molecule has 13 heteroatoms. The van der Waals surface area contributed by atoms with E-state index >= 15 is 0 Å². The van der Waals surface area contributed by atoms with Crippen molar-refractivity contribution in [1.82, 2.24) is 20.1 Å². The largest absolute Gasteiger partial charge is 0.483 e. The van der Waals surface area contributed by atoms with Crippen LogP contribution in [0.1, 0.15) is 35.5 Å². The first-order valence-electron chi connectivity index (χ1n) is 14.1. The van der Waals surface area contributed by atoms with Crippen LogP contribution in [0.25, 0.3) is 0 Å². The normalized spacial score (nSPS) is 22.7. The summed E-state index contributed by atoms with van der Waals surface area (Å²) in [4.78, 5) is 45.2. The zero-order valence-corrected chi connectivity index (χ0v) is 24.0. The van der Waals surface area contributed by atoms with Crippen LogP contribution in [0.2, 0.25) is 0 Å². The number of carbonyl (C=O) groups excluding carboxylic acids is 2. The number of aromatic nitrogens is 1. The quantitative estimate of drug-likeness (QED) is 0.396. The van der Waals surface area contributed by atoms with Crippen molar-refractivity contribution in [3.8, 4) is 5.88 Å². The Morgan fingerprint density at radius 3 is 2.62 bits per heavy atom. The number of carbonyl (C=O) groups is 3. The van der Waals surface area contributed by atoms with E-state index in [1.807, 2.05) is 0 Å². The van der Waals surface area contributed by atoms with E-state index in [4.69, 9.17) is 25.1 Å². The summed E-state index contributed by atoms with van der Waals surface area (Å²) in [5.74, 6) is -0.850. The fraction of sp³-hybridized carbons (Fsp3) is 0.517. The van der Waals surface area contributed by atoms with Crippen LogP contribution in [0.4, 0.5) is 10.1 Å². The highest BCUT2D eigenvalue weighted by Crippen LogP contribution is 2.33. The lowest BCUT2D eigenvalue weighted by Gasteiger charge is -2.44. The third-order valence-electron chi connectivity index (χ3n) is 7.75. The second-order valence-corrected chi connectivity index (χ2v) is 10.8. The van der Waals surface area contributed by atoms with Crippen molar-refractivity contribution in [1.29, 1.82) is 0 Å². The van der Waals surface area contributed by atoms with E-state index in [1.54, 1.807) is 23.1 Å². The molecule has 0 aliphatic carbocycles. The zero-order chi connectivity index (χ0) is 30.2. The molecular formula is C29H39FN6O6. The van der Waals surface area contributed by atoms with Gasteiger partial charge in [0.2, 0.25) is 11.8 Å². The van der Waals surface area contributed by atoms with Gasteiger partial charge < -0.3 is 30.5 Å². The van der Waals surface area contributed by atoms with Gasteiger partial charge in [0.1, 0.15) is 23.8 Å². The van der Waals surface area contributed by atoms with Gasteiger partial charge in [0.05, 0.1) is 26.3 Å². The van der Waals surface area contributed by atoms with Crippen molar-refractivity contribution >= 4 is 24.0 Å². The molecule has 1 aromatic carbocycles. The Labute approximate surface area is 244 Å². The fourth-order valence-corrected chi connectivity index (χ4v) is 5.58. The maximum absolute atomic E-state index is 13.8. The third kappa shape index (κ3) is 7.79. The Kier molecular flexibility index (Phi) is 10.8. The second kappa shape index (κ2) is 14.5. The molecule has 12 nitrogen and oxygen atoms in total. The highest BCUT2D eigenvalue weighted by molar-refractivity contribution is 5.98. The molecule has 228 valence electrons. The highest BCUT2D eigenvalue weighted by Gasteiger charge is 2.34. The molecule has 2 saturated heterocycles. The number of carboxylic acid groups (broad SMARTS) is 1. The molecule has 4 N–H and O–H groups in total. The molecule has 3 atom stereocenters. The summed E-state index contributed by atoms with van der Waals surface area (Å²) >= 11 is 0. The molecule has 2 fully saturated rings. The number of hydrogen-bond acceptors (Lipinski definition) is 9. The topological polar surface area (TPSA) is 151 Å². The lowest BCUT2D eigenvalue weighted by molar-refractivity contribution is -0.123. The number of ether oxygens (including phenoxy) is 2. The smallest absolute Gasteiger partial charge is 0.290 e. The van der Waals surface area contributed by atoms with Gasteiger partial charge in [-0.3, -0.25) is 24.2 Å². The van der Waals surface area contributed by atoms with Crippen LogP contribution in [0.15, 0.2) is 30.3 Å². The number of pyridine rings is 1. The zero-order valence-electron chi connectivity index (χ0n) is 24.0. The number of anilines is 1. The van der Waals surface area contributed by atoms with Crippen molar-refractivity contribution in [2.75, 3.05) is 64.0 Å². The van der Waals surface area contributed by atoms with Crippen molar-refractivity contribution in [3.05, 3.63) is 53.0 Å². The van der Waals surface area contributed by atoms with E-state index in [1.165, 1.54) is 12.1 Å². The van der Waals surface area contributed by atoms with Gasteiger partial charge in [0, 0.05) is 44.3 Å². The first kappa shape index (κ1) is 31.3. The molecule has 1 aromatic heterocycles. The van der Waals surface area contributed by atoms with E-state index in [-0.39, 0.29) is 55.0 Å². The number of fused-ring (bicyclic) bond motifs is 1. The molecule has 0 saturated carbocycles. The summed E-state index contributed by atoms with van der Waals surface area (Å²) in [6.07, 6.45) is 0.315. The predicted octanol–water partition coefficient (Wildman–Crippen LogP) is 0.720. The van der Waals surface area contributed by atoms with Gasteiger partial charge in [0.15, 0.2) is 0 Å². The molecule has 0 radical (unpaired) electrons. The molecule has 3 aliphatic rings. The monoisotopic (exact) mass is 586 g/mol. The maximum Gasteiger partial charge on any atom is 0.290 e. The van der Waals surface area contributed by atoms with Gasteiger partial charge in [-0.15, -0.1) is 0 Å². The molecule has 5 rings (SSSR count). The Hall–Kier alpha value is -3.65. The SMILES string of the molecule is C[C@@H]1CN(CC(=O)N2CCOc3nc(C(N)=O)c(Cc4ccc(F)cc4)cc32)[C@@H](CN2CCOC[C@H]2C)CN1.O=CO. The van der Waals surface area contributed by atoms with Crippen molar-refractivity contribution in [3.63, 3.8) is 0 Å². The van der Waals surface area contributed by atoms with Gasteiger partial charge in [-0.05, 0) is 49.6 Å². The number of nitrogens with zero attached hydrogens (tertiary/aromatic N) is 4. The fourth-order valence-electron chi connectivity index (χ4n) is 5.58. The van der Waals surface area contributed by atoms with Crippen molar-refractivity contribution in [2.45, 2.75) is 38.4 Å². The molecule has 0 unspecified atom stereocenters. The Morgan fingerprint density at radius 1 is 1.19 bits per heavy atom. The number of rotatable bonds is 7. The molecule has 4 heterocycles. The number of halogens is 1. The van der Waals surface area contributed by atoms with Crippen LogP contribution >= 0.6 is 0 Å². The molecule has 2 amide bonds. The second-order valence-electron chi connectivity index (χ2n) is 10.8. The Balaban J connectivity index is 0.00000129. The van der Waals surface area contributed by atoms with E-state index in [9.17, 15) is 14.0 Å². The number of nitrogens with one attached hydrogen (secondary N) is 1. The number of primary amides is 1. The summed E-state index contributed by atoms with van der Waals surface area (Å²) < 4.78 is 24.8. The van der Waals surface area contributed by atoms with Crippen LogP contribution in [0.5, 0.6) is 5.88 Å². The first-order chi connectivity index (χ1) is 20.2. The Morgan fingerprint density at radius 2 is 1.93 bits per heavy atom. The molecule has 0 spiro atoms. The standard InChI is InChI=1S/C28H37FN6O4.CH2O2/c1-18-14-34(23(13-31-18)15-33-7-9-38-17-19(33)2)16-25(36)35-8-10-39-28-24(35)12-21(26(32-28)27(30)37)11-20-3-5-22(29)6-4-20;2-1-3/h3-6,12,18-19,23,31H,7-11,13-17H2,1-2H3,(H2,30,37);1H,(H,2,3)/t18-,19-,23-;/m1./s1. The summed E-state index contributed by atoms with van der Waals surface area (Å²) in [6, 6.07) is 8.60. The van der Waals surface area contributed by atoms with Gasteiger partial charge in [-0.25, -0.2) is 9.37 Å². The van der Waals surface area contributed by atoms with E-state index in [2.05, 4.69) is 33.9 Å². The maximum atomic E-state index is 13.8. The van der Waals surface area contributed by atoms with Crippen molar-refractivity contribution in [2.24, 2.45) is 5.73 Å². The number of morpholine rings is 1. The van der Waals surface area contributed by atoms with E-state index in [0.29, 0.717) is 30.3 Å². The number of benzene rings is 1. The molecule has 0 bridgehead atoms. The van der Waals surface area contributed by atoms with Gasteiger partial charge in [-0.2, -0.15) is 0 Å². The predicted molar refractivity (Wildman–Crippen MR) is 153 cm³/mol. The van der Waals surface area contributed by atoms with Crippen LogP contribution in [-0.2, 0) is 20.7 Å². The lowest BCUT2D eigenvalue weighted by atomic mass is 10.0. The minimum atomic E-state index is -0.683. The number of hydrogen-bond donors (Lipinski definition) is 3. The average molecular weight is 587 g/mol. The average Bonchev–Trinajstić information content (AvgIpc) is 2.96. The van der Waals surface area contributed by atoms with Gasteiger partial charge in [0.25, 0.3) is 12.4 Å². The molecule has 2 aromatic rings. The van der Waals surface area contributed by atoms with Gasteiger partial charge >= 0.3 is 0 Å². The third-order valence-corrected chi connectivity index (χ3v) is 7.75. The van der Waals surface area contributed by atoms with Crippen LogP contribution in [0.3, 0.4) is 0 Å². The number of piperazine rings is 1. The van der Waals surface area contributed by atoms with Crippen LogP contribution < -0.4 is 20.7 Å². The summed E-state index contributed by atoms with van der Waals surface area (Å²) in [7, 11) is 0. The van der Waals surface area contributed by atoms with Crippen molar-refractivity contribution < 1.29 is 33.4 Å². The molecule has 3 aliphatic heterocycles. The van der Waals surface area contributed by atoms with E-state index < -0.39 is 5.91 Å². The highest BCUT2D eigenvalue weighted by atomic mass is 19.1. The Bertz CT molecular complexity index is 1250. The minimum absolute atomic E-state index is 0.0463. The van der Waals surface area contributed by atoms with Gasteiger partial charge in [-0.1, -0.05) is 12.1 Å². The number of nitrogens with two attached hydrogens (primary N) is 1. The minimum Gasteiger partial charge on any atom is -0.483 e.